The molecule has 90 valence electrons. The number of hydrogen-bond donors (Lipinski definition) is 1. The molecule has 0 amide bonds. The van der Waals surface area contributed by atoms with Gasteiger partial charge in [0, 0.05) is 5.33 Å². The van der Waals surface area contributed by atoms with Crippen molar-refractivity contribution in [3.63, 3.8) is 0 Å². The average Bonchev–Trinajstić information content (AvgIpc) is 2.14. The van der Waals surface area contributed by atoms with Gasteiger partial charge >= 0.3 is 0 Å². The van der Waals surface area contributed by atoms with Crippen LogP contribution in [0.3, 0.4) is 0 Å². The maximum Gasteiger partial charge on any atom is 0.229 e. The van der Waals surface area contributed by atoms with Gasteiger partial charge in [-0.25, -0.2) is 8.42 Å². The molecule has 0 atom stereocenters. The molecule has 16 heavy (non-hydrogen) atoms. The molecule has 1 aromatic carbocycles. The normalized spacial score (nSPS) is 11.2. The molecule has 0 aliphatic carbocycles. The number of alkyl halides is 1. The van der Waals surface area contributed by atoms with E-state index in [1.807, 2.05) is 0 Å². The van der Waals surface area contributed by atoms with E-state index in [4.69, 9.17) is 16.3 Å². The molecule has 0 unspecified atom stereocenters. The van der Waals surface area contributed by atoms with Crippen LogP contribution in [0.1, 0.15) is 0 Å². The maximum atomic E-state index is 11.0. The summed E-state index contributed by atoms with van der Waals surface area (Å²) in [4.78, 5) is 0. The van der Waals surface area contributed by atoms with E-state index in [0.717, 1.165) is 6.26 Å². The van der Waals surface area contributed by atoms with Gasteiger partial charge in [0.15, 0.2) is 0 Å². The molecular weight excluding hydrogens is 318 g/mol. The van der Waals surface area contributed by atoms with Gasteiger partial charge in [0.1, 0.15) is 5.75 Å². The zero-order valence-corrected chi connectivity index (χ0v) is 11.7. The van der Waals surface area contributed by atoms with Crippen molar-refractivity contribution in [3.05, 3.63) is 23.2 Å². The van der Waals surface area contributed by atoms with E-state index in [2.05, 4.69) is 20.7 Å². The van der Waals surface area contributed by atoms with Crippen LogP contribution in [-0.2, 0) is 10.0 Å². The Morgan fingerprint density at radius 3 is 2.69 bits per heavy atom. The minimum atomic E-state index is -3.28. The number of hydrogen-bond acceptors (Lipinski definition) is 3. The van der Waals surface area contributed by atoms with Crippen LogP contribution in [0.4, 0.5) is 5.69 Å². The van der Waals surface area contributed by atoms with Crippen LogP contribution in [0.5, 0.6) is 5.75 Å². The van der Waals surface area contributed by atoms with Crippen molar-refractivity contribution in [2.45, 2.75) is 0 Å². The summed E-state index contributed by atoms with van der Waals surface area (Å²) in [7, 11) is -3.28. The molecule has 1 aromatic rings. The van der Waals surface area contributed by atoms with Gasteiger partial charge in [0.25, 0.3) is 0 Å². The Kier molecular flexibility index (Phi) is 4.89. The first-order valence-electron chi connectivity index (χ1n) is 4.38. The third-order valence-electron chi connectivity index (χ3n) is 1.57. The van der Waals surface area contributed by atoms with E-state index in [-0.39, 0.29) is 0 Å². The van der Waals surface area contributed by atoms with E-state index in [9.17, 15) is 8.42 Å². The van der Waals surface area contributed by atoms with Gasteiger partial charge in [0.05, 0.1) is 23.6 Å². The predicted octanol–water partition coefficient (Wildman–Crippen LogP) is 2.49. The molecular formula is C9H11BrClNO3S. The van der Waals surface area contributed by atoms with Crippen LogP contribution in [-0.4, -0.2) is 26.6 Å². The number of anilines is 1. The molecule has 0 saturated carbocycles. The van der Waals surface area contributed by atoms with Gasteiger partial charge in [0.2, 0.25) is 10.0 Å². The van der Waals surface area contributed by atoms with E-state index < -0.39 is 10.0 Å². The summed E-state index contributed by atoms with van der Waals surface area (Å²) in [6.45, 7) is 0.499. The van der Waals surface area contributed by atoms with Gasteiger partial charge in [-0.05, 0) is 18.2 Å². The highest BCUT2D eigenvalue weighted by atomic mass is 79.9. The van der Waals surface area contributed by atoms with Crippen molar-refractivity contribution in [2.24, 2.45) is 0 Å². The predicted molar refractivity (Wildman–Crippen MR) is 69.2 cm³/mol. The van der Waals surface area contributed by atoms with Gasteiger partial charge in [-0.2, -0.15) is 0 Å². The third-order valence-corrected chi connectivity index (χ3v) is 2.80. The van der Waals surface area contributed by atoms with Crippen molar-refractivity contribution < 1.29 is 13.2 Å². The molecule has 0 radical (unpaired) electrons. The van der Waals surface area contributed by atoms with Gasteiger partial charge in [-0.15, -0.1) is 0 Å². The summed E-state index contributed by atoms with van der Waals surface area (Å²) in [5.74, 6) is 0.528. The zero-order chi connectivity index (χ0) is 12.2. The lowest BCUT2D eigenvalue weighted by molar-refractivity contribution is 0.345. The quantitative estimate of drug-likeness (QED) is 0.845. The minimum absolute atomic E-state index is 0.370. The van der Waals surface area contributed by atoms with E-state index in [1.54, 1.807) is 12.1 Å². The lowest BCUT2D eigenvalue weighted by Gasteiger charge is -2.09. The standard InChI is InChI=1S/C9H11BrClNO3S/c1-16(13,14)12-7-2-3-9(8(11)6-7)15-5-4-10/h2-3,6,12H,4-5H2,1H3. The summed E-state index contributed by atoms with van der Waals surface area (Å²) in [6.07, 6.45) is 1.08. The molecule has 0 aliphatic heterocycles. The molecule has 0 spiro atoms. The van der Waals surface area contributed by atoms with Crippen LogP contribution in [0.15, 0.2) is 18.2 Å². The van der Waals surface area contributed by atoms with Crippen molar-refractivity contribution in [3.8, 4) is 5.75 Å². The van der Waals surface area contributed by atoms with Gasteiger partial charge in [-0.3, -0.25) is 4.72 Å². The third kappa shape index (κ3) is 4.59. The Balaban J connectivity index is 2.82. The second-order valence-electron chi connectivity index (χ2n) is 3.06. The molecule has 7 heteroatoms. The van der Waals surface area contributed by atoms with Crippen LogP contribution < -0.4 is 9.46 Å². The van der Waals surface area contributed by atoms with Gasteiger partial charge in [-0.1, -0.05) is 27.5 Å². The summed E-state index contributed by atoms with van der Waals surface area (Å²) in [5.41, 5.74) is 0.415. The lowest BCUT2D eigenvalue weighted by atomic mass is 10.3. The van der Waals surface area contributed by atoms with Crippen LogP contribution in [0.25, 0.3) is 0 Å². The van der Waals surface area contributed by atoms with Crippen molar-refractivity contribution in [1.82, 2.24) is 0 Å². The van der Waals surface area contributed by atoms with Gasteiger partial charge < -0.3 is 4.74 Å². The molecule has 0 bridgehead atoms. The van der Waals surface area contributed by atoms with Crippen LogP contribution >= 0.6 is 27.5 Å². The molecule has 1 rings (SSSR count). The molecule has 0 heterocycles. The molecule has 0 aromatic heterocycles. The summed E-state index contributed by atoms with van der Waals surface area (Å²) in [6, 6.07) is 4.72. The second-order valence-corrected chi connectivity index (χ2v) is 6.01. The Hall–Kier alpha value is -0.460. The second kappa shape index (κ2) is 5.75. The largest absolute Gasteiger partial charge is 0.491 e. The first-order valence-corrected chi connectivity index (χ1v) is 7.77. The number of nitrogens with one attached hydrogen (secondary N) is 1. The van der Waals surface area contributed by atoms with Crippen molar-refractivity contribution in [1.29, 1.82) is 0 Å². The molecule has 0 fully saturated rings. The average molecular weight is 329 g/mol. The van der Waals surface area contributed by atoms with Crippen molar-refractivity contribution in [2.75, 3.05) is 22.9 Å². The number of benzene rings is 1. The minimum Gasteiger partial charge on any atom is -0.491 e. The van der Waals surface area contributed by atoms with E-state index in [0.29, 0.717) is 28.4 Å². The van der Waals surface area contributed by atoms with Crippen LogP contribution in [0.2, 0.25) is 5.02 Å². The highest BCUT2D eigenvalue weighted by Crippen LogP contribution is 2.27. The highest BCUT2D eigenvalue weighted by Gasteiger charge is 2.06. The lowest BCUT2D eigenvalue weighted by Crippen LogP contribution is -2.09. The topological polar surface area (TPSA) is 55.4 Å². The summed E-state index contributed by atoms with van der Waals surface area (Å²) in [5, 5.41) is 1.07. The summed E-state index contributed by atoms with van der Waals surface area (Å²) < 4.78 is 29.6. The number of rotatable bonds is 5. The monoisotopic (exact) mass is 327 g/mol. The Morgan fingerprint density at radius 2 is 2.19 bits per heavy atom. The van der Waals surface area contributed by atoms with E-state index in [1.165, 1.54) is 6.07 Å². The molecule has 4 nitrogen and oxygen atoms in total. The first kappa shape index (κ1) is 13.6. The Morgan fingerprint density at radius 1 is 1.50 bits per heavy atom. The fraction of sp³-hybridized carbons (Fsp3) is 0.333. The molecule has 0 saturated heterocycles. The van der Waals surface area contributed by atoms with Crippen molar-refractivity contribution >= 4 is 43.2 Å². The zero-order valence-electron chi connectivity index (χ0n) is 8.54. The molecule has 0 aliphatic rings. The maximum absolute atomic E-state index is 11.0. The SMILES string of the molecule is CS(=O)(=O)Nc1ccc(OCCBr)c(Cl)c1. The number of sulfonamides is 1. The highest BCUT2D eigenvalue weighted by molar-refractivity contribution is 9.09. The van der Waals surface area contributed by atoms with Crippen LogP contribution in [0, 0.1) is 0 Å². The Bertz CT molecular complexity index is 464. The molecule has 1 N–H and O–H groups in total. The number of ether oxygens (including phenoxy) is 1. The number of halogens is 2. The summed E-state index contributed by atoms with van der Waals surface area (Å²) >= 11 is 9.14. The fourth-order valence-corrected chi connectivity index (χ4v) is 2.00. The fourth-order valence-electron chi connectivity index (χ4n) is 1.04. The Labute approximate surface area is 108 Å². The smallest absolute Gasteiger partial charge is 0.229 e. The van der Waals surface area contributed by atoms with E-state index >= 15 is 0 Å². The first-order chi connectivity index (χ1) is 7.42.